The van der Waals surface area contributed by atoms with Crippen molar-refractivity contribution in [2.75, 3.05) is 5.32 Å². The third-order valence-electron chi connectivity index (χ3n) is 4.25. The zero-order valence-electron chi connectivity index (χ0n) is 15.7. The maximum Gasteiger partial charge on any atom is 0.142 e. The van der Waals surface area contributed by atoms with Gasteiger partial charge in [0.25, 0.3) is 0 Å². The highest BCUT2D eigenvalue weighted by Crippen LogP contribution is 2.41. The molecule has 0 unspecified atom stereocenters. The molecule has 2 rings (SSSR count). The van der Waals surface area contributed by atoms with Crippen LogP contribution in [0, 0.1) is 12.7 Å². The molecule has 0 heterocycles. The highest BCUT2D eigenvalue weighted by Gasteiger charge is 2.25. The molecule has 130 valence electrons. The molecule has 0 spiro atoms. The third kappa shape index (κ3) is 3.89. The van der Waals surface area contributed by atoms with Gasteiger partial charge in [-0.15, -0.1) is 0 Å². The Balaban J connectivity index is 2.62. The molecule has 24 heavy (non-hydrogen) atoms. The summed E-state index contributed by atoms with van der Waals surface area (Å²) in [5.41, 5.74) is 3.96. The normalized spacial score (nSPS) is 12.3. The van der Waals surface area contributed by atoms with E-state index in [1.807, 2.05) is 13.0 Å². The zero-order chi connectivity index (χ0) is 18.3. The van der Waals surface area contributed by atoms with Crippen LogP contribution in [0.2, 0.25) is 0 Å². The summed E-state index contributed by atoms with van der Waals surface area (Å²) in [5, 5.41) is 14.0. The van der Waals surface area contributed by atoms with Gasteiger partial charge in [0.05, 0.1) is 5.69 Å². The summed E-state index contributed by atoms with van der Waals surface area (Å²) in [6, 6.07) is 8.64. The first-order valence-corrected chi connectivity index (χ1v) is 8.31. The van der Waals surface area contributed by atoms with Gasteiger partial charge in [-0.05, 0) is 47.1 Å². The highest BCUT2D eigenvalue weighted by molar-refractivity contribution is 5.71. The van der Waals surface area contributed by atoms with E-state index >= 15 is 0 Å². The van der Waals surface area contributed by atoms with E-state index in [1.165, 1.54) is 12.1 Å². The number of halogens is 1. The Morgan fingerprint density at radius 2 is 1.50 bits per heavy atom. The molecule has 2 aromatic rings. The maximum absolute atomic E-state index is 13.6. The fraction of sp³-hybridized carbons (Fsp3) is 0.429. The molecule has 0 saturated heterocycles. The molecule has 0 atom stereocenters. The van der Waals surface area contributed by atoms with E-state index in [4.69, 9.17) is 0 Å². The molecule has 0 aromatic heterocycles. The van der Waals surface area contributed by atoms with Crippen molar-refractivity contribution in [3.05, 3.63) is 52.8 Å². The minimum atomic E-state index is -0.300. The average molecular weight is 329 g/mol. The molecule has 0 fully saturated rings. The van der Waals surface area contributed by atoms with Gasteiger partial charge in [0.2, 0.25) is 0 Å². The predicted octanol–water partition coefficient (Wildman–Crippen LogP) is 6.18. The van der Waals surface area contributed by atoms with Gasteiger partial charge in [-0.3, -0.25) is 0 Å². The average Bonchev–Trinajstić information content (AvgIpc) is 2.42. The van der Waals surface area contributed by atoms with E-state index in [0.717, 1.165) is 16.7 Å². The summed E-state index contributed by atoms with van der Waals surface area (Å²) in [7, 11) is 0. The van der Waals surface area contributed by atoms with Crippen molar-refractivity contribution in [1.82, 2.24) is 0 Å². The summed E-state index contributed by atoms with van der Waals surface area (Å²) < 4.78 is 13.6. The second kappa shape index (κ2) is 6.12. The van der Waals surface area contributed by atoms with Gasteiger partial charge in [0.1, 0.15) is 11.6 Å². The van der Waals surface area contributed by atoms with Gasteiger partial charge in [0.15, 0.2) is 0 Å². The summed E-state index contributed by atoms with van der Waals surface area (Å²) in [6.07, 6.45) is 0. The number of nitrogens with one attached hydrogen (secondary N) is 1. The van der Waals surface area contributed by atoms with Crippen LogP contribution in [0.3, 0.4) is 0 Å². The first-order valence-electron chi connectivity index (χ1n) is 8.31. The van der Waals surface area contributed by atoms with Crippen LogP contribution in [0.4, 0.5) is 15.8 Å². The Kier molecular flexibility index (Phi) is 4.67. The Bertz CT molecular complexity index is 752. The molecule has 2 nitrogen and oxygen atoms in total. The van der Waals surface area contributed by atoms with Crippen LogP contribution < -0.4 is 5.32 Å². The summed E-state index contributed by atoms with van der Waals surface area (Å²) in [4.78, 5) is 0. The van der Waals surface area contributed by atoms with Crippen molar-refractivity contribution in [2.24, 2.45) is 0 Å². The number of rotatable bonds is 2. The Labute approximate surface area is 144 Å². The summed E-state index contributed by atoms with van der Waals surface area (Å²) in [6.45, 7) is 14.6. The lowest BCUT2D eigenvalue weighted by molar-refractivity contribution is 0.447. The Hall–Kier alpha value is -2.03. The number of benzene rings is 2. The van der Waals surface area contributed by atoms with E-state index in [9.17, 15) is 9.50 Å². The van der Waals surface area contributed by atoms with Crippen molar-refractivity contribution in [2.45, 2.75) is 59.3 Å². The first-order chi connectivity index (χ1) is 10.9. The molecule has 0 aliphatic carbocycles. The highest BCUT2D eigenvalue weighted by atomic mass is 19.1. The van der Waals surface area contributed by atoms with Crippen molar-refractivity contribution in [3.8, 4) is 5.75 Å². The standard InChI is InChI=1S/C21H28FNO/c1-13-8-9-15(22)12-17(13)23-18-11-14(20(2,3)4)10-16(19(18)24)21(5,6)7/h8-12,23-24H,1-7H3. The van der Waals surface area contributed by atoms with Crippen LogP contribution in [0.15, 0.2) is 30.3 Å². The number of aromatic hydroxyl groups is 1. The van der Waals surface area contributed by atoms with E-state index < -0.39 is 0 Å². The molecule has 0 aliphatic rings. The Morgan fingerprint density at radius 1 is 0.875 bits per heavy atom. The van der Waals surface area contributed by atoms with Gasteiger partial charge in [-0.2, -0.15) is 0 Å². The van der Waals surface area contributed by atoms with Crippen molar-refractivity contribution in [1.29, 1.82) is 0 Å². The van der Waals surface area contributed by atoms with Crippen LogP contribution in [0.25, 0.3) is 0 Å². The van der Waals surface area contributed by atoms with Crippen molar-refractivity contribution < 1.29 is 9.50 Å². The second-order valence-corrected chi connectivity index (χ2v) is 8.50. The van der Waals surface area contributed by atoms with E-state index in [1.54, 1.807) is 6.07 Å². The third-order valence-corrected chi connectivity index (χ3v) is 4.25. The smallest absolute Gasteiger partial charge is 0.142 e. The summed E-state index contributed by atoms with van der Waals surface area (Å²) in [5.74, 6) is -0.0789. The fourth-order valence-corrected chi connectivity index (χ4v) is 2.61. The molecule has 2 N–H and O–H groups in total. The van der Waals surface area contributed by atoms with E-state index in [2.05, 4.69) is 52.9 Å². The molecule has 2 aromatic carbocycles. The lowest BCUT2D eigenvalue weighted by atomic mass is 9.79. The number of phenolic OH excluding ortho intramolecular Hbond substituents is 1. The van der Waals surface area contributed by atoms with Crippen LogP contribution in [-0.4, -0.2) is 5.11 Å². The van der Waals surface area contributed by atoms with Crippen molar-refractivity contribution in [3.63, 3.8) is 0 Å². The number of anilines is 2. The molecule has 3 heteroatoms. The van der Waals surface area contributed by atoms with Crippen LogP contribution in [-0.2, 0) is 10.8 Å². The lowest BCUT2D eigenvalue weighted by Crippen LogP contribution is -2.17. The maximum atomic E-state index is 13.6. The van der Waals surface area contributed by atoms with Gasteiger partial charge >= 0.3 is 0 Å². The number of hydrogen-bond acceptors (Lipinski definition) is 2. The summed E-state index contributed by atoms with van der Waals surface area (Å²) >= 11 is 0. The Morgan fingerprint density at radius 3 is 2.04 bits per heavy atom. The van der Waals surface area contributed by atoms with Gasteiger partial charge < -0.3 is 10.4 Å². The predicted molar refractivity (Wildman–Crippen MR) is 99.9 cm³/mol. The minimum absolute atomic E-state index is 0.0545. The van der Waals surface area contributed by atoms with Crippen LogP contribution in [0.1, 0.15) is 58.2 Å². The van der Waals surface area contributed by atoms with Crippen LogP contribution in [0.5, 0.6) is 5.75 Å². The van der Waals surface area contributed by atoms with E-state index in [-0.39, 0.29) is 22.4 Å². The molecule has 0 amide bonds. The van der Waals surface area contributed by atoms with Crippen LogP contribution >= 0.6 is 0 Å². The second-order valence-electron chi connectivity index (χ2n) is 8.50. The first kappa shape index (κ1) is 18.3. The number of aryl methyl sites for hydroxylation is 1. The molecule has 0 radical (unpaired) electrons. The number of hydrogen-bond donors (Lipinski definition) is 2. The SMILES string of the molecule is Cc1ccc(F)cc1Nc1cc(C(C)(C)C)cc(C(C)(C)C)c1O. The zero-order valence-corrected chi connectivity index (χ0v) is 15.7. The van der Waals surface area contributed by atoms with Gasteiger partial charge in [-0.1, -0.05) is 53.7 Å². The van der Waals surface area contributed by atoms with Gasteiger partial charge in [-0.25, -0.2) is 4.39 Å². The van der Waals surface area contributed by atoms with E-state index in [0.29, 0.717) is 11.4 Å². The fourth-order valence-electron chi connectivity index (χ4n) is 2.61. The molecule has 0 aliphatic heterocycles. The molecular weight excluding hydrogens is 301 g/mol. The quantitative estimate of drug-likeness (QED) is 0.645. The van der Waals surface area contributed by atoms with Crippen molar-refractivity contribution >= 4 is 11.4 Å². The topological polar surface area (TPSA) is 32.3 Å². The van der Waals surface area contributed by atoms with Gasteiger partial charge in [0, 0.05) is 11.3 Å². The molecule has 0 saturated carbocycles. The lowest BCUT2D eigenvalue weighted by Gasteiger charge is -2.28. The monoisotopic (exact) mass is 329 g/mol. The largest absolute Gasteiger partial charge is 0.505 e. The molecule has 0 bridgehead atoms. The minimum Gasteiger partial charge on any atom is -0.505 e. The molecular formula is C21H28FNO. The number of phenols is 1.